The van der Waals surface area contributed by atoms with Crippen molar-refractivity contribution in [3.63, 3.8) is 0 Å². The highest BCUT2D eigenvalue weighted by atomic mass is 35.5. The molecule has 39 heavy (non-hydrogen) atoms. The van der Waals surface area contributed by atoms with Crippen LogP contribution in [0.5, 0.6) is 0 Å². The lowest BCUT2D eigenvalue weighted by Gasteiger charge is -2.25. The standard InChI is InChI=1S/C30H33ClN4O4/c1-2-16-34-20-23(19-24(31)21-34)29(37)35(25-9-4-3-5-10-25)17-13-27(36)32-15-18-39-30(38)28-26-11-7-6-8-22(26)12-14-33-28/h3-11,19-21,28,33H,2,12-18H2,1H3/p+1. The fourth-order valence-corrected chi connectivity index (χ4v) is 4.90. The SMILES string of the molecule is CCC[n+]1cc(Cl)cc(C(=O)N(CCC(=O)NCCOC(=O)C2NCCc3ccccc32)c2ccccc2)c1. The minimum absolute atomic E-state index is 0.0617. The number of nitrogens with one attached hydrogen (secondary N) is 2. The summed E-state index contributed by atoms with van der Waals surface area (Å²) >= 11 is 6.28. The molecule has 0 bridgehead atoms. The molecular weight excluding hydrogens is 516 g/mol. The Morgan fingerprint density at radius 3 is 2.67 bits per heavy atom. The molecule has 1 aromatic heterocycles. The van der Waals surface area contributed by atoms with Crippen molar-refractivity contribution in [3.8, 4) is 0 Å². The zero-order chi connectivity index (χ0) is 27.6. The van der Waals surface area contributed by atoms with Crippen LogP contribution in [0.15, 0.2) is 73.1 Å². The molecule has 8 nitrogen and oxygen atoms in total. The first-order valence-corrected chi connectivity index (χ1v) is 13.6. The zero-order valence-corrected chi connectivity index (χ0v) is 22.8. The molecule has 9 heteroatoms. The predicted molar refractivity (Wildman–Crippen MR) is 150 cm³/mol. The molecule has 1 aliphatic heterocycles. The van der Waals surface area contributed by atoms with Crippen LogP contribution in [-0.4, -0.2) is 44.0 Å². The van der Waals surface area contributed by atoms with Gasteiger partial charge in [-0.05, 0) is 35.7 Å². The quantitative estimate of drug-likeness (QED) is 0.216. The Morgan fingerprint density at radius 1 is 1.10 bits per heavy atom. The first kappa shape index (κ1) is 28.3. The van der Waals surface area contributed by atoms with Gasteiger partial charge in [0.15, 0.2) is 12.4 Å². The third-order valence-electron chi connectivity index (χ3n) is 6.50. The van der Waals surface area contributed by atoms with E-state index in [1.54, 1.807) is 23.4 Å². The molecule has 2 aromatic carbocycles. The summed E-state index contributed by atoms with van der Waals surface area (Å²) in [4.78, 5) is 40.3. The fourth-order valence-electron chi connectivity index (χ4n) is 4.66. The van der Waals surface area contributed by atoms with E-state index in [0.717, 1.165) is 30.5 Å². The number of ether oxygens (including phenoxy) is 1. The van der Waals surface area contributed by atoms with Crippen LogP contribution in [0.3, 0.4) is 0 Å². The molecule has 204 valence electrons. The molecule has 1 atom stereocenters. The van der Waals surface area contributed by atoms with Crippen molar-refractivity contribution in [1.29, 1.82) is 0 Å². The number of para-hydroxylation sites is 1. The van der Waals surface area contributed by atoms with E-state index in [4.69, 9.17) is 16.3 Å². The third-order valence-corrected chi connectivity index (χ3v) is 6.71. The molecule has 4 rings (SSSR count). The average molecular weight is 550 g/mol. The van der Waals surface area contributed by atoms with E-state index in [2.05, 4.69) is 17.6 Å². The van der Waals surface area contributed by atoms with Crippen LogP contribution in [-0.2, 0) is 27.3 Å². The minimum Gasteiger partial charge on any atom is -0.462 e. The number of carbonyl (C=O) groups excluding carboxylic acids is 3. The van der Waals surface area contributed by atoms with Crippen LogP contribution in [0.2, 0.25) is 5.02 Å². The molecule has 0 saturated carbocycles. The third kappa shape index (κ3) is 7.65. The predicted octanol–water partition coefficient (Wildman–Crippen LogP) is 3.62. The van der Waals surface area contributed by atoms with Crippen LogP contribution in [0.1, 0.15) is 47.3 Å². The van der Waals surface area contributed by atoms with Gasteiger partial charge in [-0.2, -0.15) is 0 Å². The monoisotopic (exact) mass is 549 g/mol. The molecule has 0 radical (unpaired) electrons. The lowest BCUT2D eigenvalue weighted by molar-refractivity contribution is -0.697. The van der Waals surface area contributed by atoms with Gasteiger partial charge in [0, 0.05) is 31.6 Å². The van der Waals surface area contributed by atoms with Crippen molar-refractivity contribution in [1.82, 2.24) is 10.6 Å². The first-order valence-electron chi connectivity index (χ1n) is 13.3. The van der Waals surface area contributed by atoms with Crippen molar-refractivity contribution < 1.29 is 23.7 Å². The first-order chi connectivity index (χ1) is 19.0. The number of anilines is 1. The minimum atomic E-state index is -0.501. The Morgan fingerprint density at radius 2 is 1.87 bits per heavy atom. The second kappa shape index (κ2) is 13.9. The molecule has 0 fully saturated rings. The number of amides is 2. The summed E-state index contributed by atoms with van der Waals surface area (Å²) in [6.45, 7) is 3.92. The van der Waals surface area contributed by atoms with Crippen LogP contribution >= 0.6 is 11.6 Å². The number of rotatable bonds is 11. The number of aryl methyl sites for hydroxylation is 1. The van der Waals surface area contributed by atoms with E-state index in [0.29, 0.717) is 22.8 Å². The lowest BCUT2D eigenvalue weighted by Crippen LogP contribution is -2.39. The summed E-state index contributed by atoms with van der Waals surface area (Å²) in [5.74, 6) is -0.845. The number of aromatic nitrogens is 1. The van der Waals surface area contributed by atoms with E-state index in [9.17, 15) is 14.4 Å². The Hall–Kier alpha value is -3.75. The summed E-state index contributed by atoms with van der Waals surface area (Å²) in [7, 11) is 0. The smallest absolute Gasteiger partial charge is 0.327 e. The van der Waals surface area contributed by atoms with Crippen molar-refractivity contribution in [2.75, 3.05) is 31.1 Å². The van der Waals surface area contributed by atoms with Gasteiger partial charge < -0.3 is 20.3 Å². The lowest BCUT2D eigenvalue weighted by atomic mass is 9.94. The van der Waals surface area contributed by atoms with Crippen LogP contribution in [0.25, 0.3) is 0 Å². The molecule has 3 aromatic rings. The Balaban J connectivity index is 1.31. The number of carbonyl (C=O) groups is 3. The highest BCUT2D eigenvalue weighted by Gasteiger charge is 2.27. The number of halogens is 1. The van der Waals surface area contributed by atoms with Crippen LogP contribution < -0.4 is 20.1 Å². The van der Waals surface area contributed by atoms with Gasteiger partial charge >= 0.3 is 5.97 Å². The maximum absolute atomic E-state index is 13.5. The molecule has 1 aliphatic rings. The Labute approximate surface area is 233 Å². The van der Waals surface area contributed by atoms with Gasteiger partial charge in [0.2, 0.25) is 5.91 Å². The van der Waals surface area contributed by atoms with E-state index >= 15 is 0 Å². The maximum atomic E-state index is 13.5. The second-order valence-corrected chi connectivity index (χ2v) is 9.81. The number of esters is 1. The van der Waals surface area contributed by atoms with Gasteiger partial charge in [0.05, 0.1) is 6.54 Å². The molecule has 0 aliphatic carbocycles. The second-order valence-electron chi connectivity index (χ2n) is 9.38. The summed E-state index contributed by atoms with van der Waals surface area (Å²) in [6.07, 6.45) is 5.43. The van der Waals surface area contributed by atoms with Gasteiger partial charge in [-0.25, -0.2) is 9.36 Å². The van der Waals surface area contributed by atoms with E-state index in [1.165, 1.54) is 0 Å². The van der Waals surface area contributed by atoms with Gasteiger partial charge in [-0.3, -0.25) is 9.59 Å². The number of hydrogen-bond acceptors (Lipinski definition) is 5. The number of pyridine rings is 1. The van der Waals surface area contributed by atoms with E-state index < -0.39 is 6.04 Å². The van der Waals surface area contributed by atoms with Gasteiger partial charge in [0.25, 0.3) is 5.91 Å². The Bertz CT molecular complexity index is 1300. The Kier molecular flexibility index (Phi) is 10.1. The van der Waals surface area contributed by atoms with Crippen molar-refractivity contribution in [3.05, 3.63) is 94.8 Å². The highest BCUT2D eigenvalue weighted by Crippen LogP contribution is 2.23. The molecule has 0 spiro atoms. The van der Waals surface area contributed by atoms with Crippen molar-refractivity contribution in [2.24, 2.45) is 0 Å². The summed E-state index contributed by atoms with van der Waals surface area (Å²) in [5, 5.41) is 6.46. The summed E-state index contributed by atoms with van der Waals surface area (Å²) in [5.41, 5.74) is 3.21. The van der Waals surface area contributed by atoms with Gasteiger partial charge in [-0.1, -0.05) is 61.0 Å². The normalized spacial score (nSPS) is 14.3. The van der Waals surface area contributed by atoms with E-state index in [-0.39, 0.29) is 43.9 Å². The van der Waals surface area contributed by atoms with Crippen LogP contribution in [0.4, 0.5) is 5.69 Å². The van der Waals surface area contributed by atoms with Crippen molar-refractivity contribution in [2.45, 2.75) is 38.8 Å². The molecule has 0 saturated heterocycles. The highest BCUT2D eigenvalue weighted by molar-refractivity contribution is 6.30. The zero-order valence-electron chi connectivity index (χ0n) is 22.1. The molecule has 2 heterocycles. The number of benzene rings is 2. The van der Waals surface area contributed by atoms with Gasteiger partial charge in [-0.15, -0.1) is 0 Å². The van der Waals surface area contributed by atoms with Crippen molar-refractivity contribution >= 4 is 35.1 Å². The number of hydrogen-bond donors (Lipinski definition) is 2. The largest absolute Gasteiger partial charge is 0.462 e. The van der Waals surface area contributed by atoms with Gasteiger partial charge in [0.1, 0.15) is 29.8 Å². The summed E-state index contributed by atoms with van der Waals surface area (Å²) < 4.78 is 7.32. The summed E-state index contributed by atoms with van der Waals surface area (Å²) in [6, 6.07) is 18.2. The number of nitrogens with zero attached hydrogens (tertiary/aromatic N) is 2. The average Bonchev–Trinajstić information content (AvgIpc) is 2.95. The maximum Gasteiger partial charge on any atom is 0.327 e. The fraction of sp³-hybridized carbons (Fsp3) is 0.333. The molecule has 2 N–H and O–H groups in total. The molecule has 1 unspecified atom stereocenters. The van der Waals surface area contributed by atoms with Crippen LogP contribution in [0, 0.1) is 0 Å². The molecular formula is C30H34ClN4O4+. The van der Waals surface area contributed by atoms with E-state index in [1.807, 2.05) is 59.2 Å². The topological polar surface area (TPSA) is 91.6 Å². The molecule has 2 amide bonds. The number of fused-ring (bicyclic) bond motifs is 1.